The van der Waals surface area contributed by atoms with Gasteiger partial charge in [0.05, 0.1) is 0 Å². The Labute approximate surface area is 325 Å². The molecular formula is C54H35NO. The topological polar surface area (TPSA) is 16.4 Å². The molecule has 0 saturated carbocycles. The van der Waals surface area contributed by atoms with E-state index in [9.17, 15) is 0 Å². The Morgan fingerprint density at radius 3 is 1.29 bits per heavy atom. The lowest BCUT2D eigenvalue weighted by atomic mass is 9.98. The first kappa shape index (κ1) is 32.0. The minimum Gasteiger partial charge on any atom is -0.455 e. The first-order valence-corrected chi connectivity index (χ1v) is 19.2. The van der Waals surface area contributed by atoms with Gasteiger partial charge >= 0.3 is 0 Å². The number of nitrogens with zero attached hydrogens (tertiary/aromatic N) is 1. The molecule has 0 atom stereocenters. The van der Waals surface area contributed by atoms with E-state index in [1.807, 2.05) is 0 Å². The Kier molecular flexibility index (Phi) is 7.53. The maximum Gasteiger partial charge on any atom is 0.143 e. The molecule has 0 aliphatic carbocycles. The van der Waals surface area contributed by atoms with Crippen molar-refractivity contribution in [2.75, 3.05) is 4.90 Å². The van der Waals surface area contributed by atoms with Gasteiger partial charge in [0.15, 0.2) is 0 Å². The van der Waals surface area contributed by atoms with Crippen LogP contribution < -0.4 is 4.90 Å². The smallest absolute Gasteiger partial charge is 0.143 e. The Morgan fingerprint density at radius 2 is 0.714 bits per heavy atom. The van der Waals surface area contributed by atoms with Crippen LogP contribution in [0.2, 0.25) is 0 Å². The number of benzene rings is 10. The van der Waals surface area contributed by atoms with Crippen molar-refractivity contribution in [2.45, 2.75) is 0 Å². The summed E-state index contributed by atoms with van der Waals surface area (Å²) in [6.07, 6.45) is 0. The van der Waals surface area contributed by atoms with Gasteiger partial charge in [0.25, 0.3) is 0 Å². The zero-order chi connectivity index (χ0) is 37.0. The van der Waals surface area contributed by atoms with E-state index < -0.39 is 0 Å². The van der Waals surface area contributed by atoms with Crippen LogP contribution in [-0.4, -0.2) is 0 Å². The summed E-state index contributed by atoms with van der Waals surface area (Å²) in [6.45, 7) is 0. The van der Waals surface area contributed by atoms with Gasteiger partial charge < -0.3 is 9.32 Å². The molecule has 0 radical (unpaired) electrons. The highest BCUT2D eigenvalue weighted by Gasteiger charge is 2.17. The summed E-state index contributed by atoms with van der Waals surface area (Å²) in [5, 5.41) is 9.53. The normalized spacial score (nSPS) is 11.6. The van der Waals surface area contributed by atoms with Crippen molar-refractivity contribution < 1.29 is 4.42 Å². The maximum absolute atomic E-state index is 6.47. The molecule has 0 fully saturated rings. The van der Waals surface area contributed by atoms with Crippen molar-refractivity contribution in [3.05, 3.63) is 212 Å². The number of furan rings is 1. The molecule has 0 saturated heterocycles. The summed E-state index contributed by atoms with van der Waals surface area (Å²) in [7, 11) is 0. The van der Waals surface area contributed by atoms with Gasteiger partial charge in [-0.3, -0.25) is 0 Å². The van der Waals surface area contributed by atoms with Gasteiger partial charge in [-0.2, -0.15) is 0 Å². The van der Waals surface area contributed by atoms with Gasteiger partial charge in [0, 0.05) is 33.2 Å². The van der Waals surface area contributed by atoms with Gasteiger partial charge in [-0.05, 0) is 127 Å². The molecule has 2 nitrogen and oxygen atoms in total. The van der Waals surface area contributed by atoms with Crippen LogP contribution in [-0.2, 0) is 0 Å². The minimum atomic E-state index is 0.897. The molecule has 262 valence electrons. The second-order valence-corrected chi connectivity index (χ2v) is 14.6. The molecule has 11 aromatic rings. The Bertz CT molecular complexity index is 3160. The minimum absolute atomic E-state index is 0.897. The molecule has 2 heteroatoms. The Morgan fingerprint density at radius 1 is 0.268 bits per heavy atom. The molecule has 0 bridgehead atoms. The van der Waals surface area contributed by atoms with Gasteiger partial charge in [-0.1, -0.05) is 146 Å². The third-order valence-corrected chi connectivity index (χ3v) is 11.2. The van der Waals surface area contributed by atoms with Crippen molar-refractivity contribution in [3.8, 4) is 33.4 Å². The average Bonchev–Trinajstić information content (AvgIpc) is 3.65. The summed E-state index contributed by atoms with van der Waals surface area (Å²) in [5.41, 5.74) is 12.1. The van der Waals surface area contributed by atoms with E-state index in [1.165, 1.54) is 49.2 Å². The first-order chi connectivity index (χ1) is 27.7. The van der Waals surface area contributed by atoms with Gasteiger partial charge in [0.2, 0.25) is 0 Å². The van der Waals surface area contributed by atoms with Crippen LogP contribution in [0.1, 0.15) is 0 Å². The largest absolute Gasteiger partial charge is 0.455 e. The molecule has 0 spiro atoms. The van der Waals surface area contributed by atoms with E-state index >= 15 is 0 Å². The summed E-state index contributed by atoms with van der Waals surface area (Å²) < 4.78 is 6.47. The quantitative estimate of drug-likeness (QED) is 0.171. The zero-order valence-corrected chi connectivity index (χ0v) is 30.6. The summed E-state index contributed by atoms with van der Waals surface area (Å²) in [4.78, 5) is 2.39. The molecule has 0 amide bonds. The van der Waals surface area contributed by atoms with E-state index in [2.05, 4.69) is 217 Å². The van der Waals surface area contributed by atoms with Crippen LogP contribution in [0.4, 0.5) is 17.1 Å². The van der Waals surface area contributed by atoms with Crippen LogP contribution in [0.25, 0.3) is 87.6 Å². The number of rotatable bonds is 6. The SMILES string of the molecule is c1cc(-c2ccc3ccccc3c2)cc(N(c2cccc(-c3ccc4ccccc4c3)c2)c2cccc(-c3ccc4oc5c6ccccc6ccc5c4c3)c2)c1. The lowest BCUT2D eigenvalue weighted by Gasteiger charge is -2.27. The van der Waals surface area contributed by atoms with E-state index in [0.29, 0.717) is 0 Å². The molecule has 1 aromatic heterocycles. The fourth-order valence-electron chi connectivity index (χ4n) is 8.34. The predicted molar refractivity (Wildman–Crippen MR) is 237 cm³/mol. The molecule has 1 heterocycles. The fraction of sp³-hybridized carbons (Fsp3) is 0. The van der Waals surface area contributed by atoms with Crippen LogP contribution in [0, 0.1) is 0 Å². The highest BCUT2D eigenvalue weighted by molar-refractivity contribution is 6.15. The van der Waals surface area contributed by atoms with Crippen LogP contribution in [0.5, 0.6) is 0 Å². The van der Waals surface area contributed by atoms with Gasteiger partial charge in [-0.25, -0.2) is 0 Å². The molecule has 0 aliphatic heterocycles. The van der Waals surface area contributed by atoms with Crippen LogP contribution in [0.15, 0.2) is 217 Å². The highest BCUT2D eigenvalue weighted by atomic mass is 16.3. The van der Waals surface area contributed by atoms with E-state index in [4.69, 9.17) is 4.42 Å². The molecule has 0 aliphatic rings. The summed E-state index contributed by atoms with van der Waals surface area (Å²) >= 11 is 0. The molecule has 56 heavy (non-hydrogen) atoms. The van der Waals surface area contributed by atoms with Crippen molar-refractivity contribution in [1.82, 2.24) is 0 Å². The summed E-state index contributed by atoms with van der Waals surface area (Å²) in [5.74, 6) is 0. The monoisotopic (exact) mass is 713 g/mol. The molecule has 11 rings (SSSR count). The standard InChI is InChI=1S/C54H35NO/c1-3-13-39-30-44(24-22-36(39)10-1)41-15-7-18-47(32-41)55(48-19-8-16-42(33-48)45-25-23-37-11-2-4-14-40(37)31-45)49-20-9-17-43(34-49)46-27-29-53-52(35-46)51-28-26-38-12-5-6-21-50(38)54(51)56-53/h1-35H. The maximum atomic E-state index is 6.47. The lowest BCUT2D eigenvalue weighted by Crippen LogP contribution is -2.10. The molecule has 10 aromatic carbocycles. The Hall–Kier alpha value is -7.42. The molecule has 0 unspecified atom stereocenters. The number of anilines is 3. The second-order valence-electron chi connectivity index (χ2n) is 14.6. The number of hydrogen-bond donors (Lipinski definition) is 0. The van der Waals surface area contributed by atoms with Crippen LogP contribution in [0.3, 0.4) is 0 Å². The van der Waals surface area contributed by atoms with E-state index in [1.54, 1.807) is 0 Å². The molecular weight excluding hydrogens is 679 g/mol. The zero-order valence-electron chi connectivity index (χ0n) is 30.6. The predicted octanol–water partition coefficient (Wildman–Crippen LogP) is 15.5. The average molecular weight is 714 g/mol. The number of hydrogen-bond acceptors (Lipinski definition) is 2. The van der Waals surface area contributed by atoms with Crippen molar-refractivity contribution in [3.63, 3.8) is 0 Å². The third kappa shape index (κ3) is 5.59. The third-order valence-electron chi connectivity index (χ3n) is 11.2. The van der Waals surface area contributed by atoms with Crippen LogP contribution >= 0.6 is 0 Å². The molecule has 0 N–H and O–H groups in total. The lowest BCUT2D eigenvalue weighted by molar-refractivity contribution is 0.672. The van der Waals surface area contributed by atoms with E-state index in [0.717, 1.165) is 55.5 Å². The Balaban J connectivity index is 1.05. The number of fused-ring (bicyclic) bond motifs is 7. The fourth-order valence-corrected chi connectivity index (χ4v) is 8.34. The van der Waals surface area contributed by atoms with Gasteiger partial charge in [-0.15, -0.1) is 0 Å². The van der Waals surface area contributed by atoms with Crippen molar-refractivity contribution in [1.29, 1.82) is 0 Å². The summed E-state index contributed by atoms with van der Waals surface area (Å²) in [6, 6.07) is 76.7. The highest BCUT2D eigenvalue weighted by Crippen LogP contribution is 2.41. The van der Waals surface area contributed by atoms with Crippen molar-refractivity contribution >= 4 is 71.3 Å². The second kappa shape index (κ2) is 13.2. The first-order valence-electron chi connectivity index (χ1n) is 19.2. The van der Waals surface area contributed by atoms with E-state index in [-0.39, 0.29) is 0 Å². The van der Waals surface area contributed by atoms with Crippen molar-refractivity contribution in [2.24, 2.45) is 0 Å². The van der Waals surface area contributed by atoms with Gasteiger partial charge in [0.1, 0.15) is 11.2 Å².